The van der Waals surface area contributed by atoms with Crippen molar-refractivity contribution < 1.29 is 4.79 Å². The molecule has 0 aliphatic carbocycles. The van der Waals surface area contributed by atoms with Gasteiger partial charge in [0, 0.05) is 6.92 Å². The van der Waals surface area contributed by atoms with Crippen LogP contribution in [-0.4, -0.2) is 30.9 Å². The molecule has 7 heteroatoms. The number of aryl methyl sites for hydroxylation is 1. The number of aromatic amines is 1. The lowest BCUT2D eigenvalue weighted by atomic mass is 10.3. The normalized spacial score (nSPS) is 10.3. The van der Waals surface area contributed by atoms with E-state index in [1.807, 2.05) is 6.92 Å². The third-order valence-electron chi connectivity index (χ3n) is 1.89. The summed E-state index contributed by atoms with van der Waals surface area (Å²) in [7, 11) is 0. The van der Waals surface area contributed by atoms with E-state index in [1.54, 1.807) is 4.57 Å². The fourth-order valence-corrected chi connectivity index (χ4v) is 1.24. The zero-order valence-electron chi connectivity index (χ0n) is 8.35. The van der Waals surface area contributed by atoms with Crippen LogP contribution in [-0.2, 0) is 4.79 Å². The first-order valence-corrected chi connectivity index (χ1v) is 4.36. The number of rotatable bonds is 2. The number of hydrogen-bond donors (Lipinski definition) is 2. The molecule has 0 unspecified atom stereocenters. The Labute approximate surface area is 85.5 Å². The summed E-state index contributed by atoms with van der Waals surface area (Å²) in [6.07, 6.45) is 3.03. The maximum Gasteiger partial charge on any atom is 0.221 e. The second-order valence-electron chi connectivity index (χ2n) is 3.10. The maximum atomic E-state index is 11.0. The van der Waals surface area contributed by atoms with Gasteiger partial charge in [-0.05, 0) is 6.92 Å². The number of hydrogen-bond acceptors (Lipinski definition) is 4. The molecule has 2 N–H and O–H groups in total. The predicted octanol–water partition coefficient (Wildman–Crippen LogP) is 0.257. The molecule has 2 aromatic rings. The molecule has 1 amide bonds. The molecule has 0 saturated heterocycles. The van der Waals surface area contributed by atoms with Crippen LogP contribution in [0.5, 0.6) is 0 Å². The molecule has 0 aliphatic rings. The zero-order chi connectivity index (χ0) is 10.8. The minimum atomic E-state index is -0.145. The van der Waals surface area contributed by atoms with Crippen LogP contribution in [0.2, 0.25) is 0 Å². The van der Waals surface area contributed by atoms with Crippen LogP contribution in [0.15, 0.2) is 12.7 Å². The van der Waals surface area contributed by atoms with Gasteiger partial charge in [-0.1, -0.05) is 0 Å². The molecule has 2 aromatic heterocycles. The van der Waals surface area contributed by atoms with Crippen LogP contribution in [0.25, 0.3) is 5.82 Å². The summed E-state index contributed by atoms with van der Waals surface area (Å²) in [5.41, 5.74) is 1.43. The molecule has 0 aromatic carbocycles. The molecule has 0 spiro atoms. The molecule has 7 nitrogen and oxygen atoms in total. The van der Waals surface area contributed by atoms with Gasteiger partial charge in [0.2, 0.25) is 5.91 Å². The van der Waals surface area contributed by atoms with E-state index in [9.17, 15) is 4.79 Å². The van der Waals surface area contributed by atoms with Crippen LogP contribution >= 0.6 is 0 Å². The minimum Gasteiger partial charge on any atom is -0.322 e. The van der Waals surface area contributed by atoms with Gasteiger partial charge in [-0.3, -0.25) is 14.5 Å². The first kappa shape index (κ1) is 9.38. The highest BCUT2D eigenvalue weighted by Crippen LogP contribution is 2.20. The highest BCUT2D eigenvalue weighted by Gasteiger charge is 2.12. The Hall–Kier alpha value is -2.18. The van der Waals surface area contributed by atoms with Crippen molar-refractivity contribution in [3.8, 4) is 5.82 Å². The van der Waals surface area contributed by atoms with Crippen LogP contribution in [0, 0.1) is 6.92 Å². The van der Waals surface area contributed by atoms with Crippen LogP contribution < -0.4 is 5.32 Å². The third kappa shape index (κ3) is 1.71. The second kappa shape index (κ2) is 3.52. The molecule has 2 heterocycles. The van der Waals surface area contributed by atoms with Gasteiger partial charge in [0.05, 0.1) is 5.69 Å². The lowest BCUT2D eigenvalue weighted by molar-refractivity contribution is -0.114. The van der Waals surface area contributed by atoms with Crippen LogP contribution in [0.1, 0.15) is 12.6 Å². The number of aromatic nitrogens is 5. The molecular formula is C8H10N6O. The fraction of sp³-hybridized carbons (Fsp3) is 0.250. The van der Waals surface area contributed by atoms with E-state index in [-0.39, 0.29) is 5.91 Å². The van der Waals surface area contributed by atoms with E-state index in [2.05, 4.69) is 25.7 Å². The Morgan fingerprint density at radius 1 is 1.47 bits per heavy atom. The summed E-state index contributed by atoms with van der Waals surface area (Å²) in [5.74, 6) is 0.432. The number of carbonyl (C=O) groups excluding carboxylic acids is 1. The summed E-state index contributed by atoms with van der Waals surface area (Å²) >= 11 is 0. The van der Waals surface area contributed by atoms with E-state index in [4.69, 9.17) is 0 Å². The second-order valence-corrected chi connectivity index (χ2v) is 3.10. The number of amides is 1. The monoisotopic (exact) mass is 206 g/mol. The molecule has 78 valence electrons. The van der Waals surface area contributed by atoms with Gasteiger partial charge in [0.1, 0.15) is 18.3 Å². The zero-order valence-corrected chi connectivity index (χ0v) is 8.35. The predicted molar refractivity (Wildman–Crippen MR) is 52.5 cm³/mol. The van der Waals surface area contributed by atoms with Crippen molar-refractivity contribution in [1.82, 2.24) is 25.0 Å². The van der Waals surface area contributed by atoms with Gasteiger partial charge in [0.25, 0.3) is 0 Å². The highest BCUT2D eigenvalue weighted by molar-refractivity contribution is 5.91. The molecule has 0 aliphatic heterocycles. The molecule has 15 heavy (non-hydrogen) atoms. The van der Waals surface area contributed by atoms with Crippen molar-refractivity contribution in [2.75, 3.05) is 5.32 Å². The standard InChI is InChI=1S/C8H10N6O/c1-5-7(11-6(2)15)8(13-12-5)14-3-9-10-4-14/h3-4H,1-2H3,(H,11,15)(H,12,13). The van der Waals surface area contributed by atoms with Crippen molar-refractivity contribution in [3.63, 3.8) is 0 Å². The van der Waals surface area contributed by atoms with Gasteiger partial charge >= 0.3 is 0 Å². The van der Waals surface area contributed by atoms with E-state index < -0.39 is 0 Å². The third-order valence-corrected chi connectivity index (χ3v) is 1.89. The summed E-state index contributed by atoms with van der Waals surface area (Å²) in [5, 5.41) is 16.9. The molecular weight excluding hydrogens is 196 g/mol. The van der Waals surface area contributed by atoms with Crippen molar-refractivity contribution in [3.05, 3.63) is 18.3 Å². The van der Waals surface area contributed by atoms with Crippen molar-refractivity contribution >= 4 is 11.6 Å². The Morgan fingerprint density at radius 2 is 2.13 bits per heavy atom. The van der Waals surface area contributed by atoms with Gasteiger partial charge in [0.15, 0.2) is 5.82 Å². The summed E-state index contributed by atoms with van der Waals surface area (Å²) in [6.45, 7) is 3.27. The largest absolute Gasteiger partial charge is 0.322 e. The average molecular weight is 206 g/mol. The van der Waals surface area contributed by atoms with Gasteiger partial charge in [-0.2, -0.15) is 5.10 Å². The van der Waals surface area contributed by atoms with Gasteiger partial charge < -0.3 is 5.32 Å². The number of anilines is 1. The molecule has 0 saturated carbocycles. The Morgan fingerprint density at radius 3 is 2.73 bits per heavy atom. The van der Waals surface area contributed by atoms with E-state index in [1.165, 1.54) is 19.6 Å². The Balaban J connectivity index is 2.44. The van der Waals surface area contributed by atoms with Crippen molar-refractivity contribution in [2.45, 2.75) is 13.8 Å². The molecule has 0 fully saturated rings. The highest BCUT2D eigenvalue weighted by atomic mass is 16.1. The molecule has 0 bridgehead atoms. The summed E-state index contributed by atoms with van der Waals surface area (Å²) in [6, 6.07) is 0. The van der Waals surface area contributed by atoms with Gasteiger partial charge in [-0.25, -0.2) is 0 Å². The Bertz CT molecular complexity index is 471. The summed E-state index contributed by atoms with van der Waals surface area (Å²) in [4.78, 5) is 11.0. The van der Waals surface area contributed by atoms with E-state index in [0.717, 1.165) is 5.69 Å². The number of H-pyrrole nitrogens is 1. The Kier molecular flexibility index (Phi) is 2.20. The number of carbonyl (C=O) groups is 1. The minimum absolute atomic E-state index is 0.145. The quantitative estimate of drug-likeness (QED) is 0.737. The average Bonchev–Trinajstić information content (AvgIpc) is 2.76. The summed E-state index contributed by atoms with van der Waals surface area (Å²) < 4.78 is 1.62. The topological polar surface area (TPSA) is 88.5 Å². The first-order valence-electron chi connectivity index (χ1n) is 4.36. The molecule has 0 atom stereocenters. The van der Waals surface area contributed by atoms with Crippen molar-refractivity contribution in [1.29, 1.82) is 0 Å². The molecule has 2 rings (SSSR count). The maximum absolute atomic E-state index is 11.0. The van der Waals surface area contributed by atoms with Crippen LogP contribution in [0.4, 0.5) is 5.69 Å². The SMILES string of the molecule is CC(=O)Nc1c(-n2cnnc2)n[nH]c1C. The van der Waals surface area contributed by atoms with Crippen LogP contribution in [0.3, 0.4) is 0 Å². The lowest BCUT2D eigenvalue weighted by Crippen LogP contribution is -2.08. The molecule has 0 radical (unpaired) electrons. The van der Waals surface area contributed by atoms with E-state index >= 15 is 0 Å². The number of nitrogens with one attached hydrogen (secondary N) is 2. The smallest absolute Gasteiger partial charge is 0.221 e. The van der Waals surface area contributed by atoms with E-state index in [0.29, 0.717) is 11.5 Å². The fourth-order valence-electron chi connectivity index (χ4n) is 1.24. The number of nitrogens with zero attached hydrogens (tertiary/aromatic N) is 4. The van der Waals surface area contributed by atoms with Gasteiger partial charge in [-0.15, -0.1) is 10.2 Å². The lowest BCUT2D eigenvalue weighted by Gasteiger charge is -2.03. The first-order chi connectivity index (χ1) is 7.18. The van der Waals surface area contributed by atoms with Crippen molar-refractivity contribution in [2.24, 2.45) is 0 Å².